The van der Waals surface area contributed by atoms with E-state index >= 15 is 0 Å². The average Bonchev–Trinajstić information content (AvgIpc) is 2.44. The molecule has 0 saturated carbocycles. The van der Waals surface area contributed by atoms with Crippen molar-refractivity contribution < 1.29 is 14.3 Å². The van der Waals surface area contributed by atoms with Crippen LogP contribution in [0.1, 0.15) is 38.2 Å². The van der Waals surface area contributed by atoms with Crippen molar-refractivity contribution in [2.75, 3.05) is 6.61 Å². The molecule has 1 fully saturated rings. The van der Waals surface area contributed by atoms with E-state index in [0.717, 1.165) is 32.1 Å². The van der Waals surface area contributed by atoms with Crippen LogP contribution < -0.4 is 0 Å². The molecule has 0 bridgehead atoms. The van der Waals surface area contributed by atoms with Crippen LogP contribution in [0.3, 0.4) is 0 Å². The van der Waals surface area contributed by atoms with Gasteiger partial charge in [-0.3, -0.25) is 4.79 Å². The van der Waals surface area contributed by atoms with Crippen molar-refractivity contribution >= 4 is 5.97 Å². The Morgan fingerprint density at radius 2 is 2.00 bits per heavy atom. The Bertz CT molecular complexity index is 388. The van der Waals surface area contributed by atoms with E-state index in [0.29, 0.717) is 12.7 Å². The largest absolute Gasteiger partial charge is 0.463 e. The minimum absolute atomic E-state index is 0.0819. The molecule has 3 heteroatoms. The van der Waals surface area contributed by atoms with Crippen molar-refractivity contribution in [2.24, 2.45) is 0 Å². The zero-order valence-corrected chi connectivity index (χ0v) is 11.5. The fourth-order valence-corrected chi connectivity index (χ4v) is 2.50. The van der Waals surface area contributed by atoms with Crippen molar-refractivity contribution in [3.05, 3.63) is 35.9 Å². The molecule has 19 heavy (non-hydrogen) atoms. The number of esters is 1. The normalized spacial score (nSPS) is 23.0. The van der Waals surface area contributed by atoms with Crippen LogP contribution >= 0.6 is 0 Å². The molecular formula is C16H22O3. The molecule has 0 spiro atoms. The van der Waals surface area contributed by atoms with Crippen LogP contribution in [-0.2, 0) is 20.7 Å². The minimum Gasteiger partial charge on any atom is -0.463 e. The smallest absolute Gasteiger partial charge is 0.302 e. The summed E-state index contributed by atoms with van der Waals surface area (Å²) in [4.78, 5) is 10.8. The van der Waals surface area contributed by atoms with Gasteiger partial charge >= 0.3 is 5.97 Å². The molecule has 0 amide bonds. The SMILES string of the molecule is CC(=O)OC[C@@H]1CCC[C@@H](CCc2ccccc2)O1. The summed E-state index contributed by atoms with van der Waals surface area (Å²) in [5.41, 5.74) is 1.35. The molecule has 1 heterocycles. The van der Waals surface area contributed by atoms with Crippen LogP contribution in [0.25, 0.3) is 0 Å². The highest BCUT2D eigenvalue weighted by Crippen LogP contribution is 2.22. The molecule has 1 aliphatic heterocycles. The molecule has 3 nitrogen and oxygen atoms in total. The quantitative estimate of drug-likeness (QED) is 0.765. The van der Waals surface area contributed by atoms with E-state index in [2.05, 4.69) is 24.3 Å². The van der Waals surface area contributed by atoms with Crippen molar-refractivity contribution in [2.45, 2.75) is 51.2 Å². The molecule has 1 aromatic carbocycles. The number of ether oxygens (including phenoxy) is 2. The van der Waals surface area contributed by atoms with E-state index < -0.39 is 0 Å². The molecule has 1 aliphatic rings. The number of benzene rings is 1. The second kappa shape index (κ2) is 7.29. The van der Waals surface area contributed by atoms with E-state index in [1.54, 1.807) is 0 Å². The summed E-state index contributed by atoms with van der Waals surface area (Å²) in [5, 5.41) is 0. The third-order valence-corrected chi connectivity index (χ3v) is 3.51. The Balaban J connectivity index is 1.73. The molecule has 0 radical (unpaired) electrons. The molecule has 1 aromatic rings. The van der Waals surface area contributed by atoms with E-state index in [4.69, 9.17) is 9.47 Å². The summed E-state index contributed by atoms with van der Waals surface area (Å²) >= 11 is 0. The van der Waals surface area contributed by atoms with Crippen molar-refractivity contribution in [1.82, 2.24) is 0 Å². The maximum Gasteiger partial charge on any atom is 0.302 e. The molecule has 104 valence electrons. The molecule has 2 atom stereocenters. The zero-order valence-electron chi connectivity index (χ0n) is 11.5. The van der Waals surface area contributed by atoms with E-state index in [-0.39, 0.29) is 12.1 Å². The first-order chi connectivity index (χ1) is 9.24. The van der Waals surface area contributed by atoms with Gasteiger partial charge in [0.05, 0.1) is 12.2 Å². The van der Waals surface area contributed by atoms with Gasteiger partial charge in [-0.25, -0.2) is 0 Å². The lowest BCUT2D eigenvalue weighted by Crippen LogP contribution is -2.31. The van der Waals surface area contributed by atoms with Gasteiger partial charge in [0.25, 0.3) is 0 Å². The first-order valence-corrected chi connectivity index (χ1v) is 7.07. The molecule has 0 aliphatic carbocycles. The monoisotopic (exact) mass is 262 g/mol. The highest BCUT2D eigenvalue weighted by molar-refractivity contribution is 5.65. The molecule has 0 N–H and O–H groups in total. The van der Waals surface area contributed by atoms with Gasteiger partial charge < -0.3 is 9.47 Å². The number of hydrogen-bond donors (Lipinski definition) is 0. The van der Waals surface area contributed by atoms with Gasteiger partial charge in [0.2, 0.25) is 0 Å². The van der Waals surface area contributed by atoms with Crippen molar-refractivity contribution in [3.8, 4) is 0 Å². The fraction of sp³-hybridized carbons (Fsp3) is 0.562. The van der Waals surface area contributed by atoms with Gasteiger partial charge in [0.15, 0.2) is 0 Å². The number of rotatable bonds is 5. The number of hydrogen-bond acceptors (Lipinski definition) is 3. The lowest BCUT2D eigenvalue weighted by atomic mass is 9.99. The number of carbonyl (C=O) groups excluding carboxylic acids is 1. The second-order valence-electron chi connectivity index (χ2n) is 5.14. The van der Waals surface area contributed by atoms with E-state index in [1.807, 2.05) is 6.07 Å². The Hall–Kier alpha value is -1.35. The predicted molar refractivity (Wildman–Crippen MR) is 73.9 cm³/mol. The Morgan fingerprint density at radius 3 is 2.74 bits per heavy atom. The van der Waals surface area contributed by atoms with E-state index in [9.17, 15) is 4.79 Å². The second-order valence-corrected chi connectivity index (χ2v) is 5.14. The van der Waals surface area contributed by atoms with Crippen LogP contribution in [0.2, 0.25) is 0 Å². The molecule has 0 unspecified atom stereocenters. The van der Waals surface area contributed by atoms with Gasteiger partial charge in [-0.1, -0.05) is 30.3 Å². The molecule has 1 saturated heterocycles. The number of carbonyl (C=O) groups is 1. The highest BCUT2D eigenvalue weighted by atomic mass is 16.6. The van der Waals surface area contributed by atoms with Gasteiger partial charge in [-0.15, -0.1) is 0 Å². The lowest BCUT2D eigenvalue weighted by Gasteiger charge is -2.29. The topological polar surface area (TPSA) is 35.5 Å². The third-order valence-electron chi connectivity index (χ3n) is 3.51. The highest BCUT2D eigenvalue weighted by Gasteiger charge is 2.22. The lowest BCUT2D eigenvalue weighted by molar-refractivity contribution is -0.149. The minimum atomic E-state index is -0.227. The molecule has 2 rings (SSSR count). The van der Waals surface area contributed by atoms with Crippen LogP contribution in [0.5, 0.6) is 0 Å². The first-order valence-electron chi connectivity index (χ1n) is 7.07. The number of aryl methyl sites for hydroxylation is 1. The maximum absolute atomic E-state index is 10.8. The van der Waals surface area contributed by atoms with Gasteiger partial charge in [0.1, 0.15) is 6.61 Å². The summed E-state index contributed by atoms with van der Waals surface area (Å²) in [6.45, 7) is 1.84. The molecule has 0 aromatic heterocycles. The Kier molecular flexibility index (Phi) is 5.40. The van der Waals surface area contributed by atoms with Crippen LogP contribution in [-0.4, -0.2) is 24.8 Å². The maximum atomic E-state index is 10.8. The predicted octanol–water partition coefficient (Wildman–Crippen LogP) is 3.12. The third kappa shape index (κ3) is 5.03. The van der Waals surface area contributed by atoms with Gasteiger partial charge in [0, 0.05) is 6.92 Å². The summed E-state index contributed by atoms with van der Waals surface area (Å²) in [6, 6.07) is 10.5. The average molecular weight is 262 g/mol. The molecular weight excluding hydrogens is 240 g/mol. The van der Waals surface area contributed by atoms with Crippen molar-refractivity contribution in [1.29, 1.82) is 0 Å². The summed E-state index contributed by atoms with van der Waals surface area (Å²) < 4.78 is 11.0. The van der Waals surface area contributed by atoms with E-state index in [1.165, 1.54) is 12.5 Å². The fourth-order valence-electron chi connectivity index (χ4n) is 2.50. The summed E-state index contributed by atoms with van der Waals surface area (Å²) in [5.74, 6) is -0.227. The standard InChI is InChI=1S/C16H22O3/c1-13(17)18-12-16-9-5-8-15(19-16)11-10-14-6-3-2-4-7-14/h2-4,6-7,15-16H,5,8-12H2,1H3/t15-,16-/m0/s1. The summed E-state index contributed by atoms with van der Waals surface area (Å²) in [7, 11) is 0. The van der Waals surface area contributed by atoms with Gasteiger partial charge in [-0.05, 0) is 37.7 Å². The zero-order chi connectivity index (χ0) is 13.5. The van der Waals surface area contributed by atoms with Crippen LogP contribution in [0.15, 0.2) is 30.3 Å². The Morgan fingerprint density at radius 1 is 1.26 bits per heavy atom. The van der Waals surface area contributed by atoms with Crippen LogP contribution in [0.4, 0.5) is 0 Å². The Labute approximate surface area is 114 Å². The van der Waals surface area contributed by atoms with Crippen LogP contribution in [0, 0.1) is 0 Å². The van der Waals surface area contributed by atoms with Gasteiger partial charge in [-0.2, -0.15) is 0 Å². The summed E-state index contributed by atoms with van der Waals surface area (Å²) in [6.07, 6.45) is 5.74. The first kappa shape index (κ1) is 14.1. The van der Waals surface area contributed by atoms with Crippen molar-refractivity contribution in [3.63, 3.8) is 0 Å².